The summed E-state index contributed by atoms with van der Waals surface area (Å²) in [6.07, 6.45) is 3.54. The van der Waals surface area contributed by atoms with Crippen molar-refractivity contribution < 1.29 is 8.42 Å². The number of benzene rings is 1. The third-order valence-corrected chi connectivity index (χ3v) is 7.47. The Morgan fingerprint density at radius 2 is 1.89 bits per heavy atom. The minimum Gasteiger partial charge on any atom is -0.213 e. The van der Waals surface area contributed by atoms with Gasteiger partial charge in [0.2, 0.25) is 15.0 Å². The lowest BCUT2D eigenvalue weighted by molar-refractivity contribution is 0.313. The van der Waals surface area contributed by atoms with Crippen LogP contribution in [0.5, 0.6) is 0 Å². The van der Waals surface area contributed by atoms with Gasteiger partial charge >= 0.3 is 0 Å². The van der Waals surface area contributed by atoms with Gasteiger partial charge in [0.05, 0.1) is 6.26 Å². The van der Waals surface area contributed by atoms with Crippen LogP contribution in [0.25, 0.3) is 4.96 Å². The molecule has 1 fully saturated rings. The normalized spacial score (nSPS) is 17.0. The van der Waals surface area contributed by atoms with Crippen LogP contribution >= 0.6 is 11.3 Å². The number of fused-ring (bicyclic) bond motifs is 1. The summed E-state index contributed by atoms with van der Waals surface area (Å²) in [6.45, 7) is 5.29. The van der Waals surface area contributed by atoms with Gasteiger partial charge in [0.15, 0.2) is 5.82 Å². The van der Waals surface area contributed by atoms with E-state index in [9.17, 15) is 8.42 Å². The van der Waals surface area contributed by atoms with Crippen molar-refractivity contribution in [1.82, 2.24) is 24.1 Å². The predicted octanol–water partition coefficient (Wildman–Crippen LogP) is 2.53. The van der Waals surface area contributed by atoms with E-state index in [1.165, 1.54) is 27.3 Å². The topological polar surface area (TPSA) is 80.5 Å². The van der Waals surface area contributed by atoms with Crippen LogP contribution in [-0.4, -0.2) is 51.9 Å². The van der Waals surface area contributed by atoms with E-state index in [4.69, 9.17) is 5.10 Å². The Hall–Kier alpha value is -1.84. The number of rotatable bonds is 4. The molecule has 2 aromatic heterocycles. The van der Waals surface area contributed by atoms with Crippen LogP contribution in [0.4, 0.5) is 0 Å². The van der Waals surface area contributed by atoms with Crippen molar-refractivity contribution in [1.29, 1.82) is 0 Å². The van der Waals surface area contributed by atoms with E-state index in [1.807, 2.05) is 4.52 Å². The molecule has 9 heteroatoms. The molecular weight excluding hydrogens is 382 g/mol. The maximum atomic E-state index is 11.7. The first-order chi connectivity index (χ1) is 12.8. The fourth-order valence-electron chi connectivity index (χ4n) is 3.53. The van der Waals surface area contributed by atoms with E-state index < -0.39 is 10.0 Å². The van der Waals surface area contributed by atoms with E-state index >= 15 is 0 Å². The zero-order chi connectivity index (χ0) is 19.2. The summed E-state index contributed by atoms with van der Waals surface area (Å²) in [7, 11) is -3.12. The third kappa shape index (κ3) is 3.76. The number of piperidine rings is 1. The average Bonchev–Trinajstić information content (AvgIpc) is 3.17. The van der Waals surface area contributed by atoms with Crippen molar-refractivity contribution in [3.8, 4) is 0 Å². The van der Waals surface area contributed by atoms with E-state index in [2.05, 4.69) is 42.2 Å². The number of hydrogen-bond acceptors (Lipinski definition) is 6. The maximum Gasteiger partial charge on any atom is 0.234 e. The van der Waals surface area contributed by atoms with Crippen LogP contribution < -0.4 is 0 Å². The fourth-order valence-corrected chi connectivity index (χ4v) is 5.28. The molecule has 0 radical (unpaired) electrons. The molecule has 144 valence electrons. The smallest absolute Gasteiger partial charge is 0.213 e. The fraction of sp³-hybridized carbons (Fsp3) is 0.500. The van der Waals surface area contributed by atoms with Crippen LogP contribution in [0.1, 0.15) is 46.3 Å². The van der Waals surface area contributed by atoms with Crippen molar-refractivity contribution in [2.75, 3.05) is 19.3 Å². The van der Waals surface area contributed by atoms with Crippen LogP contribution in [0.15, 0.2) is 18.2 Å². The second-order valence-corrected chi connectivity index (χ2v) is 10.3. The summed E-state index contributed by atoms with van der Waals surface area (Å²) in [6, 6.07) is 6.50. The Balaban J connectivity index is 1.53. The molecule has 0 atom stereocenters. The molecule has 27 heavy (non-hydrogen) atoms. The van der Waals surface area contributed by atoms with Gasteiger partial charge in [0.1, 0.15) is 5.01 Å². The molecular formula is C18H23N5O2S2. The standard InChI is InChI=1S/C18H23N5O2S2/c1-12-4-5-14(10-13(12)2)11-16-21-23-17(19-20-18(23)26-16)15-6-8-22(9-7-15)27(3,24)25/h4-5,10,15H,6-9,11H2,1-3H3. The van der Waals surface area contributed by atoms with Gasteiger partial charge in [-0.25, -0.2) is 12.7 Å². The quantitative estimate of drug-likeness (QED) is 0.666. The first-order valence-corrected chi connectivity index (χ1v) is 11.7. The zero-order valence-electron chi connectivity index (χ0n) is 15.7. The van der Waals surface area contributed by atoms with E-state index in [0.29, 0.717) is 13.1 Å². The molecule has 1 aliphatic rings. The Labute approximate surface area is 163 Å². The lowest BCUT2D eigenvalue weighted by atomic mass is 9.97. The zero-order valence-corrected chi connectivity index (χ0v) is 17.3. The summed E-state index contributed by atoms with van der Waals surface area (Å²) in [5.41, 5.74) is 3.82. The summed E-state index contributed by atoms with van der Waals surface area (Å²) in [5.74, 6) is 1.04. The second-order valence-electron chi connectivity index (χ2n) is 7.28. The first kappa shape index (κ1) is 18.5. The van der Waals surface area contributed by atoms with Gasteiger partial charge in [-0.2, -0.15) is 9.61 Å². The summed E-state index contributed by atoms with van der Waals surface area (Å²) in [5, 5.41) is 14.4. The summed E-state index contributed by atoms with van der Waals surface area (Å²) in [4.78, 5) is 0.800. The highest BCUT2D eigenvalue weighted by molar-refractivity contribution is 7.88. The van der Waals surface area contributed by atoms with Gasteiger partial charge < -0.3 is 0 Å². The van der Waals surface area contributed by atoms with Gasteiger partial charge in [-0.05, 0) is 43.4 Å². The second kappa shape index (κ2) is 6.96. The highest BCUT2D eigenvalue weighted by Crippen LogP contribution is 2.29. The van der Waals surface area contributed by atoms with Crippen molar-refractivity contribution >= 4 is 26.3 Å². The Morgan fingerprint density at radius 3 is 2.56 bits per heavy atom. The minimum absolute atomic E-state index is 0.189. The van der Waals surface area contributed by atoms with Crippen molar-refractivity contribution in [2.45, 2.75) is 39.0 Å². The molecule has 3 heterocycles. The number of aromatic nitrogens is 4. The monoisotopic (exact) mass is 405 g/mol. The molecule has 0 spiro atoms. The van der Waals surface area contributed by atoms with Crippen LogP contribution in [0, 0.1) is 13.8 Å². The van der Waals surface area contributed by atoms with Gasteiger partial charge in [0.25, 0.3) is 0 Å². The van der Waals surface area contributed by atoms with E-state index in [-0.39, 0.29) is 5.92 Å². The number of sulfonamides is 1. The first-order valence-electron chi connectivity index (χ1n) is 9.03. The molecule has 0 unspecified atom stereocenters. The lowest BCUT2D eigenvalue weighted by Gasteiger charge is -2.28. The number of nitrogens with zero attached hydrogens (tertiary/aromatic N) is 5. The van der Waals surface area contributed by atoms with E-state index in [1.54, 1.807) is 11.3 Å². The molecule has 0 N–H and O–H groups in total. The SMILES string of the molecule is Cc1ccc(Cc2nn3c(C4CCN(S(C)(=O)=O)CC4)nnc3s2)cc1C. The molecule has 4 rings (SSSR count). The molecule has 1 aliphatic heterocycles. The van der Waals surface area contributed by atoms with Crippen LogP contribution in [0.3, 0.4) is 0 Å². The Kier molecular flexibility index (Phi) is 4.77. The number of aryl methyl sites for hydroxylation is 2. The van der Waals surface area contributed by atoms with Crippen LogP contribution in [0.2, 0.25) is 0 Å². The van der Waals surface area contributed by atoms with E-state index in [0.717, 1.165) is 35.1 Å². The van der Waals surface area contributed by atoms with Crippen molar-refractivity contribution in [3.63, 3.8) is 0 Å². The largest absolute Gasteiger partial charge is 0.234 e. The molecule has 1 saturated heterocycles. The van der Waals surface area contributed by atoms with Crippen molar-refractivity contribution in [3.05, 3.63) is 45.7 Å². The maximum absolute atomic E-state index is 11.7. The average molecular weight is 406 g/mol. The molecule has 0 amide bonds. The summed E-state index contributed by atoms with van der Waals surface area (Å²) < 4.78 is 26.8. The van der Waals surface area contributed by atoms with Gasteiger partial charge in [0, 0.05) is 25.4 Å². The predicted molar refractivity (Wildman–Crippen MR) is 106 cm³/mol. The minimum atomic E-state index is -3.12. The molecule has 0 saturated carbocycles. The molecule has 1 aromatic carbocycles. The highest BCUT2D eigenvalue weighted by atomic mass is 32.2. The molecule has 7 nitrogen and oxygen atoms in total. The molecule has 0 aliphatic carbocycles. The van der Waals surface area contributed by atoms with Gasteiger partial charge in [-0.15, -0.1) is 10.2 Å². The molecule has 0 bridgehead atoms. The highest BCUT2D eigenvalue weighted by Gasteiger charge is 2.29. The lowest BCUT2D eigenvalue weighted by Crippen LogP contribution is -2.37. The van der Waals surface area contributed by atoms with Gasteiger partial charge in [-0.1, -0.05) is 29.5 Å². The van der Waals surface area contributed by atoms with Gasteiger partial charge in [-0.3, -0.25) is 0 Å². The Morgan fingerprint density at radius 1 is 1.15 bits per heavy atom. The third-order valence-electron chi connectivity index (χ3n) is 5.27. The summed E-state index contributed by atoms with van der Waals surface area (Å²) >= 11 is 1.56. The molecule has 3 aromatic rings. The Bertz CT molecular complexity index is 1080. The van der Waals surface area contributed by atoms with Crippen LogP contribution in [-0.2, 0) is 16.4 Å². The number of hydrogen-bond donors (Lipinski definition) is 0. The van der Waals surface area contributed by atoms with Crippen molar-refractivity contribution in [2.24, 2.45) is 0 Å².